The molecule has 0 aliphatic carbocycles. The van der Waals surface area contributed by atoms with Crippen molar-refractivity contribution in [2.24, 2.45) is 0 Å². The molecular formula is C26H28F3N3O9S. The van der Waals surface area contributed by atoms with Gasteiger partial charge in [-0.1, -0.05) is 0 Å². The third-order valence-electron chi connectivity index (χ3n) is 6.92. The zero-order valence-corrected chi connectivity index (χ0v) is 23.1. The van der Waals surface area contributed by atoms with Crippen LogP contribution in [0.1, 0.15) is 25.0 Å². The molecule has 0 radical (unpaired) electrons. The van der Waals surface area contributed by atoms with E-state index in [-0.39, 0.29) is 67.8 Å². The van der Waals surface area contributed by atoms with Crippen LogP contribution in [-0.4, -0.2) is 64.7 Å². The summed E-state index contributed by atoms with van der Waals surface area (Å²) in [6, 6.07) is 10.0. The standard InChI is InChI=1S/C26H28F3N3O9S/c1-17-22(33)31(24(35)32(17)18-3-5-20(6-4-18)41-26(27,28)29)13-2-14-40-19-7-9-21(10-8-19)42(37,38)25(23(34)30-36)11-15-39-16-12-25/h3-10,33,36H,2,11-16H2,1H3,(H,30,34). The molecule has 12 nitrogen and oxygen atoms in total. The summed E-state index contributed by atoms with van der Waals surface area (Å²) in [6.07, 6.45) is -4.84. The number of imidazole rings is 1. The molecule has 0 atom stereocenters. The summed E-state index contributed by atoms with van der Waals surface area (Å²) in [7, 11) is -4.19. The number of nitrogens with one attached hydrogen (secondary N) is 1. The van der Waals surface area contributed by atoms with E-state index in [1.54, 1.807) is 0 Å². The summed E-state index contributed by atoms with van der Waals surface area (Å²) in [4.78, 5) is 25.2. The first-order valence-electron chi connectivity index (χ1n) is 12.7. The summed E-state index contributed by atoms with van der Waals surface area (Å²) >= 11 is 0. The maximum absolute atomic E-state index is 13.3. The lowest BCUT2D eigenvalue weighted by atomic mass is 9.98. The lowest BCUT2D eigenvalue weighted by Gasteiger charge is -2.34. The molecule has 3 aromatic rings. The minimum atomic E-state index is -4.86. The van der Waals surface area contributed by atoms with Crippen LogP contribution in [0.4, 0.5) is 13.2 Å². The maximum atomic E-state index is 13.3. The van der Waals surface area contributed by atoms with Crippen LogP contribution in [-0.2, 0) is 25.9 Å². The summed E-state index contributed by atoms with van der Waals surface area (Å²) < 4.78 is 79.0. The van der Waals surface area contributed by atoms with Gasteiger partial charge in [0.15, 0.2) is 14.6 Å². The van der Waals surface area contributed by atoms with Crippen molar-refractivity contribution in [3.63, 3.8) is 0 Å². The first-order valence-corrected chi connectivity index (χ1v) is 14.2. The van der Waals surface area contributed by atoms with Crippen molar-refractivity contribution in [2.45, 2.75) is 48.7 Å². The molecule has 0 bridgehead atoms. The smallest absolute Gasteiger partial charge is 0.494 e. The molecule has 16 heteroatoms. The van der Waals surface area contributed by atoms with Crippen molar-refractivity contribution in [2.75, 3.05) is 19.8 Å². The molecule has 1 aliphatic heterocycles. The van der Waals surface area contributed by atoms with Crippen LogP contribution >= 0.6 is 0 Å². The van der Waals surface area contributed by atoms with Gasteiger partial charge in [-0.15, -0.1) is 13.2 Å². The SMILES string of the molecule is Cc1c(O)n(CCCOc2ccc(S(=O)(=O)C3(C(=O)NO)CCOCC3)cc2)c(=O)n1-c1ccc(OC(F)(F)F)cc1. The van der Waals surface area contributed by atoms with Gasteiger partial charge >= 0.3 is 12.1 Å². The number of hydroxylamine groups is 1. The highest BCUT2D eigenvalue weighted by Gasteiger charge is 2.52. The number of aromatic hydroxyl groups is 1. The minimum absolute atomic E-state index is 0.0403. The Morgan fingerprint density at radius 3 is 2.24 bits per heavy atom. The number of halogens is 3. The number of rotatable bonds is 10. The largest absolute Gasteiger partial charge is 0.573 e. The van der Waals surface area contributed by atoms with E-state index in [4.69, 9.17) is 14.7 Å². The van der Waals surface area contributed by atoms with Gasteiger partial charge in [-0.2, -0.15) is 0 Å². The zero-order valence-electron chi connectivity index (χ0n) is 22.3. The van der Waals surface area contributed by atoms with Gasteiger partial charge in [-0.25, -0.2) is 18.7 Å². The third-order valence-corrected chi connectivity index (χ3v) is 9.44. The van der Waals surface area contributed by atoms with Gasteiger partial charge in [0.2, 0.25) is 5.88 Å². The van der Waals surface area contributed by atoms with Crippen LogP contribution in [0.25, 0.3) is 5.69 Å². The van der Waals surface area contributed by atoms with E-state index in [2.05, 4.69) is 4.74 Å². The van der Waals surface area contributed by atoms with E-state index in [0.717, 1.165) is 21.3 Å². The van der Waals surface area contributed by atoms with Crippen LogP contribution < -0.4 is 20.6 Å². The van der Waals surface area contributed by atoms with Gasteiger partial charge in [-0.3, -0.25) is 19.1 Å². The Bertz CT molecular complexity index is 1580. The average Bonchev–Trinajstić information content (AvgIpc) is 3.17. The molecule has 0 spiro atoms. The molecule has 4 rings (SSSR count). The van der Waals surface area contributed by atoms with Crippen LogP contribution in [0.3, 0.4) is 0 Å². The van der Waals surface area contributed by atoms with E-state index in [9.17, 15) is 36.3 Å². The number of aromatic nitrogens is 2. The second-order valence-corrected chi connectivity index (χ2v) is 11.7. The van der Waals surface area contributed by atoms with Crippen LogP contribution in [0.5, 0.6) is 17.4 Å². The van der Waals surface area contributed by atoms with Crippen LogP contribution in [0.2, 0.25) is 0 Å². The van der Waals surface area contributed by atoms with Gasteiger partial charge in [0.1, 0.15) is 11.5 Å². The molecule has 1 aliphatic rings. The molecule has 1 amide bonds. The fraction of sp³-hybridized carbons (Fsp3) is 0.385. The first kappa shape index (κ1) is 30.9. The quantitative estimate of drug-likeness (QED) is 0.177. The van der Waals surface area contributed by atoms with Crippen molar-refractivity contribution in [1.82, 2.24) is 14.6 Å². The Hall–Kier alpha value is -4.02. The van der Waals surface area contributed by atoms with Gasteiger partial charge in [0.25, 0.3) is 5.91 Å². The second-order valence-electron chi connectivity index (χ2n) is 9.44. The van der Waals surface area contributed by atoms with Crippen molar-refractivity contribution in [1.29, 1.82) is 0 Å². The molecule has 0 unspecified atom stereocenters. The fourth-order valence-electron chi connectivity index (χ4n) is 4.73. The molecule has 228 valence electrons. The van der Waals surface area contributed by atoms with Crippen molar-refractivity contribution in [3.8, 4) is 23.1 Å². The van der Waals surface area contributed by atoms with Crippen molar-refractivity contribution < 1.29 is 50.9 Å². The lowest BCUT2D eigenvalue weighted by Crippen LogP contribution is -2.54. The Morgan fingerprint density at radius 1 is 1.07 bits per heavy atom. The normalized spacial score (nSPS) is 15.3. The second kappa shape index (κ2) is 12.1. The number of hydrogen-bond acceptors (Lipinski definition) is 9. The van der Waals surface area contributed by atoms with Gasteiger partial charge in [0, 0.05) is 19.8 Å². The molecule has 1 aromatic heterocycles. The third kappa shape index (κ3) is 6.10. The monoisotopic (exact) mass is 615 g/mol. The highest BCUT2D eigenvalue weighted by Crippen LogP contribution is 2.36. The number of hydrogen-bond donors (Lipinski definition) is 3. The van der Waals surface area contributed by atoms with E-state index in [0.29, 0.717) is 5.75 Å². The van der Waals surface area contributed by atoms with Crippen LogP contribution in [0.15, 0.2) is 58.2 Å². The average molecular weight is 616 g/mol. The topological polar surface area (TPSA) is 158 Å². The van der Waals surface area contributed by atoms with Gasteiger partial charge < -0.3 is 19.3 Å². The van der Waals surface area contributed by atoms with Crippen LogP contribution in [0, 0.1) is 6.92 Å². The number of carbonyl (C=O) groups is 1. The predicted molar refractivity (Wildman–Crippen MR) is 140 cm³/mol. The Balaban J connectivity index is 1.40. The number of sulfone groups is 1. The number of benzene rings is 2. The summed E-state index contributed by atoms with van der Waals surface area (Å²) in [5.74, 6) is -1.49. The number of carbonyl (C=O) groups excluding carboxylic acids is 1. The van der Waals surface area contributed by atoms with Gasteiger partial charge in [0.05, 0.1) is 22.9 Å². The molecule has 42 heavy (non-hydrogen) atoms. The Morgan fingerprint density at radius 2 is 1.67 bits per heavy atom. The molecule has 3 N–H and O–H groups in total. The number of ether oxygens (including phenoxy) is 3. The lowest BCUT2D eigenvalue weighted by molar-refractivity contribution is -0.274. The van der Waals surface area contributed by atoms with Crippen molar-refractivity contribution >= 4 is 15.7 Å². The maximum Gasteiger partial charge on any atom is 0.573 e. The molecule has 2 heterocycles. The number of amides is 1. The van der Waals surface area contributed by atoms with E-state index < -0.39 is 38.3 Å². The van der Waals surface area contributed by atoms with E-state index in [1.165, 1.54) is 48.8 Å². The summed E-state index contributed by atoms with van der Waals surface area (Å²) in [6.45, 7) is 1.69. The number of alkyl halides is 3. The van der Waals surface area contributed by atoms with Gasteiger partial charge in [-0.05, 0) is 74.7 Å². The predicted octanol–water partition coefficient (Wildman–Crippen LogP) is 2.85. The summed E-state index contributed by atoms with van der Waals surface area (Å²) in [5, 5.41) is 19.7. The fourth-order valence-corrected chi connectivity index (χ4v) is 6.67. The Labute approximate surface area is 237 Å². The highest BCUT2D eigenvalue weighted by atomic mass is 32.2. The highest BCUT2D eigenvalue weighted by molar-refractivity contribution is 7.93. The van der Waals surface area contributed by atoms with E-state index >= 15 is 0 Å². The van der Waals surface area contributed by atoms with E-state index in [1.807, 2.05) is 0 Å². The molecular weight excluding hydrogens is 587 g/mol. The minimum Gasteiger partial charge on any atom is -0.494 e. The molecule has 1 fully saturated rings. The zero-order chi connectivity index (χ0) is 30.7. The van der Waals surface area contributed by atoms with Crippen molar-refractivity contribution in [3.05, 3.63) is 64.7 Å². The number of nitrogens with zero attached hydrogens (tertiary/aromatic N) is 2. The molecule has 1 saturated heterocycles. The molecule has 2 aromatic carbocycles. The molecule has 0 saturated carbocycles. The first-order chi connectivity index (χ1) is 19.8. The Kier molecular flexibility index (Phi) is 8.89. The summed E-state index contributed by atoms with van der Waals surface area (Å²) in [5.41, 5.74) is 1.25.